The molecule has 0 rings (SSSR count). The van der Waals surface area contributed by atoms with Gasteiger partial charge in [-0.1, -0.05) is 217 Å². The van der Waals surface area contributed by atoms with Gasteiger partial charge in [-0.05, 0) is 83.5 Å². The average molecular weight is 814 g/mol. The van der Waals surface area contributed by atoms with Crippen LogP contribution in [0.4, 0.5) is 0 Å². The summed E-state index contributed by atoms with van der Waals surface area (Å²) in [7, 11) is 0. The molecule has 0 aromatic carbocycles. The quantitative estimate of drug-likeness (QED) is 0.0364. The molecule has 3 atom stereocenters. The molecule has 340 valence electrons. The highest BCUT2D eigenvalue weighted by Gasteiger charge is 2.26. The normalized spacial score (nSPS) is 13.8. The molecule has 0 aromatic heterocycles. The van der Waals surface area contributed by atoms with E-state index < -0.39 is 18.2 Å². The first-order valence-electron chi connectivity index (χ1n) is 25.4. The van der Waals surface area contributed by atoms with E-state index in [1.165, 1.54) is 180 Å². The maximum absolute atomic E-state index is 12.5. The van der Waals surface area contributed by atoms with Crippen LogP contribution in [0.1, 0.15) is 258 Å². The molecule has 5 heteroatoms. The van der Waals surface area contributed by atoms with Crippen LogP contribution in [0.25, 0.3) is 0 Å². The van der Waals surface area contributed by atoms with E-state index in [0.29, 0.717) is 12.8 Å². The zero-order valence-electron chi connectivity index (χ0n) is 38.7. The van der Waals surface area contributed by atoms with Crippen molar-refractivity contribution in [2.45, 2.75) is 276 Å². The standard InChI is InChI=1S/C53H99NO4/c1-3-5-7-9-11-13-15-17-18-19-20-21-22-23-24-25-26-27-28-29-30-31-32-33-34-36-38-40-42-44-46-48-52(57)54-50(49-55)53(58)51(56)47-45-43-41-39-37-35-16-14-12-10-8-6-4-2/h14,16,20-21,23-24,39,41,50-51,53,55-56,58H,3-13,15,17-19,22,25-38,40,42-49H2,1-2H3,(H,54,57)/b16-14+,21-20-,24-23-,41-39+. The number of carbonyl (C=O) groups excluding carboxylic acids is 1. The molecule has 0 fully saturated rings. The predicted octanol–water partition coefficient (Wildman–Crippen LogP) is 15.3. The van der Waals surface area contributed by atoms with Crippen LogP contribution in [0.5, 0.6) is 0 Å². The molecular formula is C53H99NO4. The van der Waals surface area contributed by atoms with Crippen LogP contribution in [-0.4, -0.2) is 46.1 Å². The molecule has 0 heterocycles. The largest absolute Gasteiger partial charge is 0.394 e. The Hall–Kier alpha value is -1.69. The van der Waals surface area contributed by atoms with Crippen molar-refractivity contribution in [3.05, 3.63) is 48.6 Å². The van der Waals surface area contributed by atoms with Gasteiger partial charge in [0.25, 0.3) is 0 Å². The van der Waals surface area contributed by atoms with E-state index in [1.807, 2.05) is 0 Å². The Morgan fingerprint density at radius 2 is 0.759 bits per heavy atom. The number of unbranched alkanes of at least 4 members (excludes halogenated alkanes) is 30. The fraction of sp³-hybridized carbons (Fsp3) is 0.830. The lowest BCUT2D eigenvalue weighted by Gasteiger charge is -2.26. The number of amides is 1. The average Bonchev–Trinajstić information content (AvgIpc) is 3.23. The zero-order valence-corrected chi connectivity index (χ0v) is 38.7. The van der Waals surface area contributed by atoms with Crippen molar-refractivity contribution in [1.82, 2.24) is 5.32 Å². The fourth-order valence-electron chi connectivity index (χ4n) is 7.68. The summed E-state index contributed by atoms with van der Waals surface area (Å²) in [5.74, 6) is -0.159. The summed E-state index contributed by atoms with van der Waals surface area (Å²) in [6.07, 6.45) is 62.5. The van der Waals surface area contributed by atoms with Crippen LogP contribution in [0, 0.1) is 0 Å². The molecule has 58 heavy (non-hydrogen) atoms. The highest BCUT2D eigenvalue weighted by Crippen LogP contribution is 2.16. The molecule has 0 saturated carbocycles. The van der Waals surface area contributed by atoms with Crippen LogP contribution in [0.2, 0.25) is 0 Å². The third-order valence-corrected chi connectivity index (χ3v) is 11.6. The molecule has 0 radical (unpaired) electrons. The monoisotopic (exact) mass is 814 g/mol. The minimum absolute atomic E-state index is 0.159. The van der Waals surface area contributed by atoms with Gasteiger partial charge in [0.15, 0.2) is 0 Å². The first-order valence-corrected chi connectivity index (χ1v) is 25.4. The lowest BCUT2D eigenvalue weighted by Crippen LogP contribution is -2.50. The van der Waals surface area contributed by atoms with Crippen LogP contribution in [-0.2, 0) is 4.79 Å². The molecule has 0 aliphatic rings. The Morgan fingerprint density at radius 1 is 0.431 bits per heavy atom. The van der Waals surface area contributed by atoms with Crippen molar-refractivity contribution in [2.75, 3.05) is 6.61 Å². The third-order valence-electron chi connectivity index (χ3n) is 11.6. The van der Waals surface area contributed by atoms with E-state index in [0.717, 1.165) is 51.4 Å². The van der Waals surface area contributed by atoms with Crippen molar-refractivity contribution in [3.63, 3.8) is 0 Å². The zero-order chi connectivity index (χ0) is 42.3. The van der Waals surface area contributed by atoms with E-state index >= 15 is 0 Å². The van der Waals surface area contributed by atoms with Gasteiger partial charge in [-0.3, -0.25) is 4.79 Å². The topological polar surface area (TPSA) is 89.8 Å². The van der Waals surface area contributed by atoms with Gasteiger partial charge < -0.3 is 20.6 Å². The minimum Gasteiger partial charge on any atom is -0.394 e. The van der Waals surface area contributed by atoms with Crippen LogP contribution in [0.3, 0.4) is 0 Å². The van der Waals surface area contributed by atoms with E-state index in [-0.39, 0.29) is 12.5 Å². The molecule has 0 aliphatic heterocycles. The van der Waals surface area contributed by atoms with E-state index in [9.17, 15) is 20.1 Å². The molecule has 0 spiro atoms. The van der Waals surface area contributed by atoms with E-state index in [4.69, 9.17) is 0 Å². The predicted molar refractivity (Wildman–Crippen MR) is 254 cm³/mol. The minimum atomic E-state index is -1.17. The Labute approximate surface area is 361 Å². The summed E-state index contributed by atoms with van der Waals surface area (Å²) in [5.41, 5.74) is 0. The maximum atomic E-state index is 12.5. The second kappa shape index (κ2) is 48.0. The number of hydrogen-bond acceptors (Lipinski definition) is 4. The number of hydrogen-bond donors (Lipinski definition) is 4. The third kappa shape index (κ3) is 42.4. The molecule has 1 amide bonds. The number of nitrogens with one attached hydrogen (secondary N) is 1. The van der Waals surface area contributed by atoms with Crippen LogP contribution >= 0.6 is 0 Å². The second-order valence-corrected chi connectivity index (χ2v) is 17.4. The Morgan fingerprint density at radius 3 is 1.17 bits per heavy atom. The van der Waals surface area contributed by atoms with Gasteiger partial charge in [0.2, 0.25) is 5.91 Å². The summed E-state index contributed by atoms with van der Waals surface area (Å²) in [4.78, 5) is 12.5. The molecule has 0 aliphatic carbocycles. The lowest BCUT2D eigenvalue weighted by atomic mass is 10.0. The van der Waals surface area contributed by atoms with Crippen molar-refractivity contribution in [2.24, 2.45) is 0 Å². The van der Waals surface area contributed by atoms with E-state index in [1.54, 1.807) is 0 Å². The van der Waals surface area contributed by atoms with E-state index in [2.05, 4.69) is 67.8 Å². The first kappa shape index (κ1) is 56.3. The summed E-state index contributed by atoms with van der Waals surface area (Å²) in [5, 5.41) is 33.5. The molecule has 0 saturated heterocycles. The number of aliphatic hydroxyl groups excluding tert-OH is 3. The fourth-order valence-corrected chi connectivity index (χ4v) is 7.68. The molecule has 4 N–H and O–H groups in total. The molecular weight excluding hydrogens is 715 g/mol. The smallest absolute Gasteiger partial charge is 0.220 e. The molecule has 3 unspecified atom stereocenters. The van der Waals surface area contributed by atoms with Gasteiger partial charge in [-0.2, -0.15) is 0 Å². The number of allylic oxidation sites excluding steroid dienone is 8. The van der Waals surface area contributed by atoms with Gasteiger partial charge in [-0.15, -0.1) is 0 Å². The van der Waals surface area contributed by atoms with Gasteiger partial charge >= 0.3 is 0 Å². The van der Waals surface area contributed by atoms with Crippen molar-refractivity contribution in [1.29, 1.82) is 0 Å². The summed E-state index contributed by atoms with van der Waals surface area (Å²) in [6, 6.07) is -0.832. The maximum Gasteiger partial charge on any atom is 0.220 e. The number of rotatable bonds is 46. The molecule has 0 bridgehead atoms. The highest BCUT2D eigenvalue weighted by atomic mass is 16.3. The Balaban J connectivity index is 3.55. The van der Waals surface area contributed by atoms with Crippen molar-refractivity contribution < 1.29 is 20.1 Å². The van der Waals surface area contributed by atoms with Crippen LogP contribution < -0.4 is 5.32 Å². The summed E-state index contributed by atoms with van der Waals surface area (Å²) >= 11 is 0. The Bertz CT molecular complexity index is 943. The SMILES string of the molecule is CCCCCC/C=C/CC/C=C/CCCC(O)C(O)C(CO)NC(=O)CCCCCCCCCCCCCCCCC/C=C\C/C=C\CCCCCCCCCCC. The molecule has 5 nitrogen and oxygen atoms in total. The first-order chi connectivity index (χ1) is 28.6. The van der Waals surface area contributed by atoms with Gasteiger partial charge in [0, 0.05) is 6.42 Å². The number of aliphatic hydroxyl groups is 3. The summed E-state index contributed by atoms with van der Waals surface area (Å²) in [6.45, 7) is 4.14. The molecule has 0 aromatic rings. The second-order valence-electron chi connectivity index (χ2n) is 17.4. The Kier molecular flexibility index (Phi) is 46.6. The summed E-state index contributed by atoms with van der Waals surface area (Å²) < 4.78 is 0. The van der Waals surface area contributed by atoms with Crippen LogP contribution in [0.15, 0.2) is 48.6 Å². The number of carbonyl (C=O) groups is 1. The van der Waals surface area contributed by atoms with Gasteiger partial charge in [0.1, 0.15) is 6.10 Å². The van der Waals surface area contributed by atoms with Crippen molar-refractivity contribution >= 4 is 5.91 Å². The highest BCUT2D eigenvalue weighted by molar-refractivity contribution is 5.76. The van der Waals surface area contributed by atoms with Crippen molar-refractivity contribution in [3.8, 4) is 0 Å². The van der Waals surface area contributed by atoms with Gasteiger partial charge in [0.05, 0.1) is 18.8 Å². The van der Waals surface area contributed by atoms with Gasteiger partial charge in [-0.25, -0.2) is 0 Å². The lowest BCUT2D eigenvalue weighted by molar-refractivity contribution is -0.124.